The maximum atomic E-state index is 14.4. The molecule has 3 aromatic rings. The smallest absolute Gasteiger partial charge is 0.325 e. The first-order valence-electron chi connectivity index (χ1n) is 11.2. The SMILES string of the molecule is COc1ccc2cc([C@@]3(C)NC(=O)N(CC(=O)N4CCS[C@@H]4c4ccccc4F)C3=O)ccc2c1. The zero-order valence-corrected chi connectivity index (χ0v) is 20.1. The number of rotatable bonds is 5. The molecule has 0 bridgehead atoms. The monoisotopic (exact) mass is 493 g/mol. The summed E-state index contributed by atoms with van der Waals surface area (Å²) in [5.74, 6) is 0.0748. The van der Waals surface area contributed by atoms with Crippen LogP contribution in [0.3, 0.4) is 0 Å². The number of fused-ring (bicyclic) bond motifs is 1. The summed E-state index contributed by atoms with van der Waals surface area (Å²) >= 11 is 1.46. The molecule has 0 unspecified atom stereocenters. The normalized spacial score (nSPS) is 22.1. The number of imide groups is 1. The van der Waals surface area contributed by atoms with Gasteiger partial charge in [-0.3, -0.25) is 14.5 Å². The van der Waals surface area contributed by atoms with E-state index in [2.05, 4.69) is 5.32 Å². The zero-order chi connectivity index (χ0) is 24.7. The molecule has 5 rings (SSSR count). The van der Waals surface area contributed by atoms with E-state index in [0.29, 0.717) is 23.4 Å². The van der Waals surface area contributed by atoms with Gasteiger partial charge in [0.2, 0.25) is 5.91 Å². The summed E-state index contributed by atoms with van der Waals surface area (Å²) < 4.78 is 19.6. The van der Waals surface area contributed by atoms with Gasteiger partial charge in [0.05, 0.1) is 7.11 Å². The topological polar surface area (TPSA) is 79.0 Å². The molecular formula is C26H24FN3O4S. The van der Waals surface area contributed by atoms with Gasteiger partial charge in [-0.05, 0) is 47.5 Å². The van der Waals surface area contributed by atoms with Crippen molar-refractivity contribution in [2.24, 2.45) is 0 Å². The van der Waals surface area contributed by atoms with Crippen molar-refractivity contribution in [3.05, 3.63) is 77.6 Å². The number of carbonyl (C=O) groups excluding carboxylic acids is 3. The van der Waals surface area contributed by atoms with E-state index in [4.69, 9.17) is 4.74 Å². The van der Waals surface area contributed by atoms with Gasteiger partial charge in [-0.15, -0.1) is 11.8 Å². The molecule has 4 amide bonds. The van der Waals surface area contributed by atoms with Crippen LogP contribution in [0.25, 0.3) is 10.8 Å². The highest BCUT2D eigenvalue weighted by Gasteiger charge is 2.50. The number of hydrogen-bond donors (Lipinski definition) is 1. The number of halogens is 1. The van der Waals surface area contributed by atoms with Crippen LogP contribution in [-0.2, 0) is 15.1 Å². The van der Waals surface area contributed by atoms with E-state index in [1.54, 1.807) is 38.3 Å². The summed E-state index contributed by atoms with van der Waals surface area (Å²) in [6.07, 6.45) is 0. The fourth-order valence-corrected chi connectivity index (χ4v) is 5.88. The first kappa shape index (κ1) is 23.2. The fourth-order valence-electron chi connectivity index (χ4n) is 4.58. The van der Waals surface area contributed by atoms with Crippen molar-refractivity contribution < 1.29 is 23.5 Å². The summed E-state index contributed by atoms with van der Waals surface area (Å²) in [7, 11) is 1.60. The van der Waals surface area contributed by atoms with Crippen molar-refractivity contribution >= 4 is 40.4 Å². The molecule has 0 aromatic heterocycles. The molecule has 35 heavy (non-hydrogen) atoms. The molecule has 2 heterocycles. The average molecular weight is 494 g/mol. The van der Waals surface area contributed by atoms with Gasteiger partial charge >= 0.3 is 6.03 Å². The summed E-state index contributed by atoms with van der Waals surface area (Å²) in [4.78, 5) is 41.9. The lowest BCUT2D eigenvalue weighted by Crippen LogP contribution is -2.44. The summed E-state index contributed by atoms with van der Waals surface area (Å²) in [6, 6.07) is 16.8. The van der Waals surface area contributed by atoms with Gasteiger partial charge in [0, 0.05) is 17.9 Å². The van der Waals surface area contributed by atoms with E-state index in [-0.39, 0.29) is 5.82 Å². The Labute approximate surface area is 206 Å². The number of carbonyl (C=O) groups is 3. The van der Waals surface area contributed by atoms with Crippen LogP contribution >= 0.6 is 11.8 Å². The molecule has 2 saturated heterocycles. The Morgan fingerprint density at radius 3 is 2.66 bits per heavy atom. The zero-order valence-electron chi connectivity index (χ0n) is 19.3. The van der Waals surface area contributed by atoms with Crippen LogP contribution in [0.1, 0.15) is 23.4 Å². The van der Waals surface area contributed by atoms with Crippen LogP contribution in [0.2, 0.25) is 0 Å². The molecule has 0 radical (unpaired) electrons. The lowest BCUT2D eigenvalue weighted by molar-refractivity contribution is -0.139. The molecular weight excluding hydrogens is 469 g/mol. The molecule has 1 N–H and O–H groups in total. The number of urea groups is 1. The number of amides is 4. The van der Waals surface area contributed by atoms with E-state index in [1.807, 2.05) is 30.3 Å². The first-order valence-corrected chi connectivity index (χ1v) is 12.2. The number of hydrogen-bond acceptors (Lipinski definition) is 5. The van der Waals surface area contributed by atoms with Crippen LogP contribution < -0.4 is 10.1 Å². The second-order valence-corrected chi connectivity index (χ2v) is 9.89. The first-order chi connectivity index (χ1) is 16.8. The predicted molar refractivity (Wildman–Crippen MR) is 131 cm³/mol. The Morgan fingerprint density at radius 2 is 1.89 bits per heavy atom. The Kier molecular flexibility index (Phi) is 5.88. The number of benzene rings is 3. The van der Waals surface area contributed by atoms with E-state index in [0.717, 1.165) is 21.4 Å². The van der Waals surface area contributed by atoms with Gasteiger partial charge in [-0.1, -0.05) is 36.4 Å². The molecule has 3 aromatic carbocycles. The van der Waals surface area contributed by atoms with Crippen LogP contribution in [0.15, 0.2) is 60.7 Å². The number of ether oxygens (including phenoxy) is 1. The van der Waals surface area contributed by atoms with E-state index in [9.17, 15) is 18.8 Å². The highest BCUT2D eigenvalue weighted by molar-refractivity contribution is 7.99. The lowest BCUT2D eigenvalue weighted by atomic mass is 9.90. The van der Waals surface area contributed by atoms with Gasteiger partial charge < -0.3 is 15.0 Å². The van der Waals surface area contributed by atoms with Gasteiger partial charge in [0.25, 0.3) is 5.91 Å². The Bertz CT molecular complexity index is 1350. The number of methoxy groups -OCH3 is 1. The molecule has 2 atom stereocenters. The van der Waals surface area contributed by atoms with Gasteiger partial charge in [0.1, 0.15) is 29.0 Å². The molecule has 180 valence electrons. The molecule has 2 fully saturated rings. The van der Waals surface area contributed by atoms with Crippen molar-refractivity contribution in [2.75, 3.05) is 26.0 Å². The van der Waals surface area contributed by atoms with Crippen molar-refractivity contribution in [3.63, 3.8) is 0 Å². The quantitative estimate of drug-likeness (QED) is 0.543. The second-order valence-electron chi connectivity index (χ2n) is 8.71. The van der Waals surface area contributed by atoms with Gasteiger partial charge in [-0.2, -0.15) is 0 Å². The van der Waals surface area contributed by atoms with Crippen LogP contribution in [0.5, 0.6) is 5.75 Å². The predicted octanol–water partition coefficient (Wildman–Crippen LogP) is 4.03. The maximum absolute atomic E-state index is 14.4. The van der Waals surface area contributed by atoms with Gasteiger partial charge in [0.15, 0.2) is 0 Å². The molecule has 2 aliphatic rings. The molecule has 0 aliphatic carbocycles. The average Bonchev–Trinajstić information content (AvgIpc) is 3.43. The van der Waals surface area contributed by atoms with E-state index >= 15 is 0 Å². The minimum absolute atomic E-state index is 0.388. The van der Waals surface area contributed by atoms with E-state index in [1.165, 1.54) is 22.7 Å². The summed E-state index contributed by atoms with van der Waals surface area (Å²) in [6.45, 7) is 1.64. The van der Waals surface area contributed by atoms with Crippen LogP contribution in [-0.4, -0.2) is 53.6 Å². The van der Waals surface area contributed by atoms with Gasteiger partial charge in [-0.25, -0.2) is 9.18 Å². The number of nitrogens with zero attached hydrogens (tertiary/aromatic N) is 2. The highest BCUT2D eigenvalue weighted by atomic mass is 32.2. The summed E-state index contributed by atoms with van der Waals surface area (Å²) in [5, 5.41) is 4.09. The number of thioether (sulfide) groups is 1. The maximum Gasteiger partial charge on any atom is 0.325 e. The number of nitrogens with one attached hydrogen (secondary N) is 1. The highest BCUT2D eigenvalue weighted by Crippen LogP contribution is 2.39. The second kappa shape index (κ2) is 8.88. The van der Waals surface area contributed by atoms with Crippen LogP contribution in [0, 0.1) is 5.82 Å². The molecule has 2 aliphatic heterocycles. The third kappa shape index (κ3) is 3.99. The van der Waals surface area contributed by atoms with Crippen molar-refractivity contribution in [2.45, 2.75) is 17.8 Å². The van der Waals surface area contributed by atoms with E-state index < -0.39 is 35.3 Å². The molecule has 7 nitrogen and oxygen atoms in total. The van der Waals surface area contributed by atoms with Crippen molar-refractivity contribution in [1.82, 2.24) is 15.1 Å². The Hall–Kier alpha value is -3.59. The third-order valence-electron chi connectivity index (χ3n) is 6.58. The standard InChI is InChI=1S/C26H24FN3O4S/c1-26(18-9-7-17-14-19(34-2)10-8-16(17)13-18)24(32)30(25(33)28-26)15-22(31)29-11-12-35-23(29)20-5-3-4-6-21(20)27/h3-10,13-14,23H,11-12,15H2,1-2H3,(H,28,33)/t23-,26-/m1/s1. The Morgan fingerprint density at radius 1 is 1.14 bits per heavy atom. The fraction of sp³-hybridized carbons (Fsp3) is 0.269. The van der Waals surface area contributed by atoms with Crippen LogP contribution in [0.4, 0.5) is 9.18 Å². The minimum atomic E-state index is -1.31. The van der Waals surface area contributed by atoms with Crippen molar-refractivity contribution in [1.29, 1.82) is 0 Å². The molecule has 0 spiro atoms. The molecule has 9 heteroatoms. The Balaban J connectivity index is 1.37. The largest absolute Gasteiger partial charge is 0.497 e. The van der Waals surface area contributed by atoms with Crippen molar-refractivity contribution in [3.8, 4) is 5.75 Å². The summed E-state index contributed by atoms with van der Waals surface area (Å²) in [5.41, 5.74) is -0.279. The molecule has 0 saturated carbocycles. The third-order valence-corrected chi connectivity index (χ3v) is 7.82. The minimum Gasteiger partial charge on any atom is -0.497 e. The lowest BCUT2D eigenvalue weighted by Gasteiger charge is -2.26.